The average Bonchev–Trinajstić information content (AvgIpc) is 3.24. The lowest BCUT2D eigenvalue weighted by Gasteiger charge is -2.32. The van der Waals surface area contributed by atoms with Crippen molar-refractivity contribution in [2.24, 2.45) is 0 Å². The molecule has 206 valence electrons. The van der Waals surface area contributed by atoms with Gasteiger partial charge in [0.25, 0.3) is 11.8 Å². The molecule has 1 fully saturated rings. The van der Waals surface area contributed by atoms with E-state index in [0.717, 1.165) is 36.2 Å². The first-order valence-electron chi connectivity index (χ1n) is 12.9. The van der Waals surface area contributed by atoms with E-state index < -0.39 is 27.7 Å². The number of amides is 3. The summed E-state index contributed by atoms with van der Waals surface area (Å²) in [6, 6.07) is 6.16. The van der Waals surface area contributed by atoms with E-state index in [0.29, 0.717) is 36.1 Å². The smallest absolute Gasteiger partial charge is 0.272 e. The van der Waals surface area contributed by atoms with Crippen LogP contribution in [0.1, 0.15) is 78.1 Å². The van der Waals surface area contributed by atoms with E-state index in [-0.39, 0.29) is 16.5 Å². The third kappa shape index (κ3) is 5.93. The van der Waals surface area contributed by atoms with Crippen LogP contribution in [0.5, 0.6) is 0 Å². The van der Waals surface area contributed by atoms with Gasteiger partial charge < -0.3 is 5.32 Å². The van der Waals surface area contributed by atoms with Crippen LogP contribution in [0.3, 0.4) is 0 Å². The van der Waals surface area contributed by atoms with Crippen molar-refractivity contribution in [1.82, 2.24) is 20.1 Å². The molecule has 2 aliphatic rings. The van der Waals surface area contributed by atoms with Crippen molar-refractivity contribution in [1.29, 1.82) is 0 Å². The summed E-state index contributed by atoms with van der Waals surface area (Å²) >= 11 is 1.35. The molecule has 1 atom stereocenters. The summed E-state index contributed by atoms with van der Waals surface area (Å²) in [6.07, 6.45) is 3.32. The molecule has 0 radical (unpaired) electrons. The standard InChI is InChI=1S/C26H35N5O5S2/c1-16(2)30-14-12-21-22(15-30)37-26(23(21)25(34)29-28-18(4)32)27-24(33)19-8-10-20(11-9-19)38(35,36)31-13-6-5-7-17(31)3/h8-11,16-17H,5-7,12-15H2,1-4H3,(H,27,33)(H,28,32)(H,29,34). The number of sulfonamides is 1. The van der Waals surface area contributed by atoms with E-state index in [1.807, 2.05) is 6.92 Å². The number of hydrogen-bond acceptors (Lipinski definition) is 7. The van der Waals surface area contributed by atoms with Crippen molar-refractivity contribution >= 4 is 44.1 Å². The maximum Gasteiger partial charge on any atom is 0.272 e. The largest absolute Gasteiger partial charge is 0.313 e. The molecule has 0 aliphatic carbocycles. The number of carbonyl (C=O) groups is 3. The Labute approximate surface area is 227 Å². The van der Waals surface area contributed by atoms with Crippen LogP contribution in [-0.4, -0.2) is 60.5 Å². The molecule has 0 bridgehead atoms. The number of nitrogens with zero attached hydrogens (tertiary/aromatic N) is 2. The maximum atomic E-state index is 13.2. The van der Waals surface area contributed by atoms with Crippen molar-refractivity contribution in [3.8, 4) is 0 Å². The molecule has 12 heteroatoms. The average molecular weight is 562 g/mol. The maximum absolute atomic E-state index is 13.2. The Kier molecular flexibility index (Phi) is 8.55. The minimum atomic E-state index is -3.65. The zero-order valence-electron chi connectivity index (χ0n) is 22.2. The SMILES string of the molecule is CC(=O)NNC(=O)c1c(NC(=O)c2ccc(S(=O)(=O)N3CCCCC3C)cc2)sc2c1CCN(C(C)C)C2. The van der Waals surface area contributed by atoms with Gasteiger partial charge in [-0.1, -0.05) is 6.42 Å². The van der Waals surface area contributed by atoms with E-state index in [1.165, 1.54) is 46.8 Å². The van der Waals surface area contributed by atoms with Gasteiger partial charge in [0, 0.05) is 49.1 Å². The van der Waals surface area contributed by atoms with Gasteiger partial charge in [-0.3, -0.25) is 30.1 Å². The lowest BCUT2D eigenvalue weighted by molar-refractivity contribution is -0.119. The summed E-state index contributed by atoms with van der Waals surface area (Å²) < 4.78 is 27.8. The monoisotopic (exact) mass is 561 g/mol. The van der Waals surface area contributed by atoms with E-state index in [1.54, 1.807) is 0 Å². The Morgan fingerprint density at radius 2 is 1.74 bits per heavy atom. The topological polar surface area (TPSA) is 128 Å². The Hall–Kier alpha value is -2.80. The van der Waals surface area contributed by atoms with Crippen molar-refractivity contribution in [2.45, 2.75) is 76.9 Å². The molecule has 10 nitrogen and oxygen atoms in total. The van der Waals surface area contributed by atoms with Crippen LogP contribution in [-0.2, 0) is 27.8 Å². The number of thiophene rings is 1. The molecule has 1 aromatic carbocycles. The van der Waals surface area contributed by atoms with Crippen LogP contribution in [0.2, 0.25) is 0 Å². The number of hydrogen-bond donors (Lipinski definition) is 3. The summed E-state index contributed by atoms with van der Waals surface area (Å²) in [4.78, 5) is 41.0. The summed E-state index contributed by atoms with van der Waals surface area (Å²) in [5.41, 5.74) is 6.21. The number of hydrazine groups is 1. The van der Waals surface area contributed by atoms with E-state index in [9.17, 15) is 22.8 Å². The molecule has 38 heavy (non-hydrogen) atoms. The van der Waals surface area contributed by atoms with E-state index in [4.69, 9.17) is 0 Å². The molecule has 0 saturated carbocycles. The van der Waals surface area contributed by atoms with Gasteiger partial charge in [0.15, 0.2) is 0 Å². The van der Waals surface area contributed by atoms with Crippen LogP contribution in [0.4, 0.5) is 5.00 Å². The fourth-order valence-electron chi connectivity index (χ4n) is 4.92. The summed E-state index contributed by atoms with van der Waals surface area (Å²) in [7, 11) is -3.65. The third-order valence-electron chi connectivity index (χ3n) is 7.09. The van der Waals surface area contributed by atoms with Gasteiger partial charge in [-0.05, 0) is 69.9 Å². The molecular formula is C26H35N5O5S2. The van der Waals surface area contributed by atoms with Gasteiger partial charge in [0.05, 0.1) is 10.5 Å². The first-order valence-corrected chi connectivity index (χ1v) is 15.1. The fraction of sp³-hybridized carbons (Fsp3) is 0.500. The summed E-state index contributed by atoms with van der Waals surface area (Å²) in [5, 5.41) is 3.25. The van der Waals surface area contributed by atoms with Gasteiger partial charge in [-0.2, -0.15) is 4.31 Å². The van der Waals surface area contributed by atoms with Gasteiger partial charge in [-0.25, -0.2) is 8.42 Å². The number of fused-ring (bicyclic) bond motifs is 1. The molecule has 1 unspecified atom stereocenters. The number of nitrogens with one attached hydrogen (secondary N) is 3. The lowest BCUT2D eigenvalue weighted by Crippen LogP contribution is -2.41. The van der Waals surface area contributed by atoms with Crippen LogP contribution in [0.15, 0.2) is 29.2 Å². The second-order valence-electron chi connectivity index (χ2n) is 10.1. The van der Waals surface area contributed by atoms with E-state index in [2.05, 4.69) is 34.9 Å². The minimum Gasteiger partial charge on any atom is -0.313 e. The molecule has 1 aromatic heterocycles. The van der Waals surface area contributed by atoms with Crippen molar-refractivity contribution in [2.75, 3.05) is 18.4 Å². The summed E-state index contributed by atoms with van der Waals surface area (Å²) in [6.45, 7) is 9.37. The molecule has 0 spiro atoms. The third-order valence-corrected chi connectivity index (χ3v) is 10.2. The van der Waals surface area contributed by atoms with Crippen molar-refractivity contribution in [3.05, 3.63) is 45.8 Å². The van der Waals surface area contributed by atoms with Crippen LogP contribution >= 0.6 is 11.3 Å². The first kappa shape index (κ1) is 28.2. The van der Waals surface area contributed by atoms with Gasteiger partial charge in [0.1, 0.15) is 5.00 Å². The second kappa shape index (κ2) is 11.5. The number of carbonyl (C=O) groups excluding carboxylic acids is 3. The highest BCUT2D eigenvalue weighted by Gasteiger charge is 2.32. The van der Waals surface area contributed by atoms with Crippen LogP contribution < -0.4 is 16.2 Å². The molecule has 2 aromatic rings. The Morgan fingerprint density at radius 3 is 2.37 bits per heavy atom. The predicted octanol–water partition coefficient (Wildman–Crippen LogP) is 3.11. The van der Waals surface area contributed by atoms with Gasteiger partial charge >= 0.3 is 0 Å². The molecule has 4 rings (SSSR count). The number of anilines is 1. The van der Waals surface area contributed by atoms with Gasteiger partial charge in [0.2, 0.25) is 15.9 Å². The highest BCUT2D eigenvalue weighted by Crippen LogP contribution is 2.38. The Bertz CT molecular complexity index is 1320. The molecule has 3 heterocycles. The quantitative estimate of drug-likeness (QED) is 0.465. The second-order valence-corrected chi connectivity index (χ2v) is 13.1. The molecule has 3 N–H and O–H groups in total. The predicted molar refractivity (Wildman–Crippen MR) is 146 cm³/mol. The first-order chi connectivity index (χ1) is 18.0. The van der Waals surface area contributed by atoms with Crippen molar-refractivity contribution in [3.63, 3.8) is 0 Å². The zero-order chi connectivity index (χ0) is 27.6. The highest BCUT2D eigenvalue weighted by molar-refractivity contribution is 7.89. The lowest BCUT2D eigenvalue weighted by atomic mass is 10.0. The van der Waals surface area contributed by atoms with Crippen molar-refractivity contribution < 1.29 is 22.8 Å². The Balaban J connectivity index is 1.57. The summed E-state index contributed by atoms with van der Waals surface area (Å²) in [5.74, 6) is -1.36. The van der Waals surface area contributed by atoms with Gasteiger partial charge in [-0.15, -0.1) is 11.3 Å². The number of benzene rings is 1. The Morgan fingerprint density at radius 1 is 1.03 bits per heavy atom. The normalized spacial score (nSPS) is 18.6. The highest BCUT2D eigenvalue weighted by atomic mass is 32.2. The van der Waals surface area contributed by atoms with Crippen LogP contribution in [0.25, 0.3) is 0 Å². The number of rotatable bonds is 6. The molecular weight excluding hydrogens is 526 g/mol. The minimum absolute atomic E-state index is 0.0599. The molecule has 2 aliphatic heterocycles. The van der Waals surface area contributed by atoms with E-state index >= 15 is 0 Å². The van der Waals surface area contributed by atoms with Crippen LogP contribution in [0, 0.1) is 0 Å². The molecule has 3 amide bonds. The zero-order valence-corrected chi connectivity index (χ0v) is 23.8. The number of piperidine rings is 1. The molecule has 1 saturated heterocycles. The fourth-order valence-corrected chi connectivity index (χ4v) is 7.88.